The average Bonchev–Trinajstić information content (AvgIpc) is 2.88. The molecule has 1 fully saturated rings. The second kappa shape index (κ2) is 10.1. The highest BCUT2D eigenvalue weighted by Crippen LogP contribution is 2.42. The predicted molar refractivity (Wildman–Crippen MR) is 118 cm³/mol. The van der Waals surface area contributed by atoms with Gasteiger partial charge in [-0.25, -0.2) is 0 Å². The molecule has 1 aliphatic rings. The molecule has 1 aromatic rings. The molecule has 0 aliphatic carbocycles. The Morgan fingerprint density at radius 3 is 2.58 bits per heavy atom. The smallest absolute Gasteiger partial charge is 0.317 e. The summed E-state index contributed by atoms with van der Waals surface area (Å²) in [7, 11) is 1.47. The Morgan fingerprint density at radius 1 is 1.32 bits per heavy atom. The SMILES string of the molecule is COc1ccc(C(=O)[C@H]2C(=O)O[C@@](C)(CCC=C(C)CC(=O)CC(C)C)[C@@H]2C)c(O)c1. The first-order valence-electron chi connectivity index (χ1n) is 10.8. The standard InChI is InChI=1S/C25H34O6/c1-15(2)12-18(26)13-16(3)8-7-11-25(5)17(4)22(24(29)31-25)23(28)20-10-9-19(30-6)14-21(20)27/h8-10,14-15,17,22,27H,7,11-13H2,1-6H3/t17-,22+,25+/m1/s1. The zero-order valence-electron chi connectivity index (χ0n) is 19.4. The Labute approximate surface area is 184 Å². The van der Waals surface area contributed by atoms with Crippen molar-refractivity contribution in [1.29, 1.82) is 0 Å². The molecule has 1 saturated heterocycles. The number of ketones is 2. The minimum Gasteiger partial charge on any atom is -0.507 e. The Bertz CT molecular complexity index is 869. The number of hydrogen-bond donors (Lipinski definition) is 1. The maximum atomic E-state index is 13.0. The van der Waals surface area contributed by atoms with Crippen LogP contribution in [0.25, 0.3) is 0 Å². The van der Waals surface area contributed by atoms with Crippen molar-refractivity contribution in [1.82, 2.24) is 0 Å². The first-order valence-corrected chi connectivity index (χ1v) is 10.8. The van der Waals surface area contributed by atoms with Crippen LogP contribution in [0.15, 0.2) is 29.8 Å². The summed E-state index contributed by atoms with van der Waals surface area (Å²) in [5.74, 6) is -1.57. The summed E-state index contributed by atoms with van der Waals surface area (Å²) < 4.78 is 10.7. The van der Waals surface area contributed by atoms with Gasteiger partial charge in [0.05, 0.1) is 12.7 Å². The highest BCUT2D eigenvalue weighted by Gasteiger charge is 2.53. The Hall–Kier alpha value is -2.63. The number of phenolic OH excluding ortho intramolecular Hbond substituents is 1. The minimum atomic E-state index is -0.970. The number of phenols is 1. The second-order valence-electron chi connectivity index (χ2n) is 9.15. The molecule has 0 saturated carbocycles. The molecule has 6 nitrogen and oxygen atoms in total. The summed E-state index contributed by atoms with van der Waals surface area (Å²) in [5.41, 5.74) is 0.290. The fraction of sp³-hybridized carbons (Fsp3) is 0.560. The van der Waals surface area contributed by atoms with E-state index >= 15 is 0 Å². The van der Waals surface area contributed by atoms with E-state index in [9.17, 15) is 19.5 Å². The zero-order valence-corrected chi connectivity index (χ0v) is 19.4. The molecule has 0 radical (unpaired) electrons. The van der Waals surface area contributed by atoms with Crippen LogP contribution in [0.2, 0.25) is 0 Å². The monoisotopic (exact) mass is 430 g/mol. The van der Waals surface area contributed by atoms with Gasteiger partial charge in [-0.15, -0.1) is 0 Å². The molecule has 2 rings (SSSR count). The van der Waals surface area contributed by atoms with Gasteiger partial charge in [-0.3, -0.25) is 14.4 Å². The normalized spacial score (nSPS) is 23.7. The van der Waals surface area contributed by atoms with Gasteiger partial charge in [0.2, 0.25) is 0 Å². The van der Waals surface area contributed by atoms with Crippen LogP contribution in [0.3, 0.4) is 0 Å². The molecule has 1 aliphatic heterocycles. The van der Waals surface area contributed by atoms with Gasteiger partial charge in [0, 0.05) is 24.8 Å². The number of allylic oxidation sites excluding steroid dienone is 2. The van der Waals surface area contributed by atoms with E-state index in [4.69, 9.17) is 9.47 Å². The lowest BCUT2D eigenvalue weighted by Gasteiger charge is -2.28. The number of Topliss-reactive ketones (excluding diaryl/α,β-unsaturated/α-hetero) is 2. The van der Waals surface area contributed by atoms with Crippen molar-refractivity contribution in [2.75, 3.05) is 7.11 Å². The summed E-state index contributed by atoms with van der Waals surface area (Å²) >= 11 is 0. The number of benzene rings is 1. The van der Waals surface area contributed by atoms with Crippen molar-refractivity contribution in [2.45, 2.75) is 65.9 Å². The number of methoxy groups -OCH3 is 1. The third-order valence-electron chi connectivity index (χ3n) is 6.05. The number of esters is 1. The number of rotatable bonds is 10. The molecule has 3 atom stereocenters. The topological polar surface area (TPSA) is 89.9 Å². The quantitative estimate of drug-likeness (QED) is 0.246. The molecular weight excluding hydrogens is 396 g/mol. The lowest BCUT2D eigenvalue weighted by Crippen LogP contribution is -2.33. The minimum absolute atomic E-state index is 0.0817. The highest BCUT2D eigenvalue weighted by atomic mass is 16.6. The van der Waals surface area contributed by atoms with Gasteiger partial charge in [-0.05, 0) is 44.7 Å². The van der Waals surface area contributed by atoms with E-state index in [1.54, 1.807) is 6.07 Å². The van der Waals surface area contributed by atoms with Gasteiger partial charge >= 0.3 is 5.97 Å². The summed E-state index contributed by atoms with van der Waals surface area (Å²) in [6.07, 6.45) is 4.20. The van der Waals surface area contributed by atoms with E-state index in [0.717, 1.165) is 5.57 Å². The van der Waals surface area contributed by atoms with Crippen LogP contribution in [0.1, 0.15) is 70.7 Å². The Balaban J connectivity index is 2.06. The van der Waals surface area contributed by atoms with Crippen molar-refractivity contribution in [3.8, 4) is 11.5 Å². The van der Waals surface area contributed by atoms with Gasteiger partial charge in [0.25, 0.3) is 0 Å². The van der Waals surface area contributed by atoms with Gasteiger partial charge in [0.1, 0.15) is 28.8 Å². The lowest BCUT2D eigenvalue weighted by molar-refractivity contribution is -0.149. The number of carbonyl (C=O) groups excluding carboxylic acids is 3. The van der Waals surface area contributed by atoms with Crippen LogP contribution < -0.4 is 4.74 Å². The van der Waals surface area contributed by atoms with Crippen LogP contribution in [-0.4, -0.2) is 35.4 Å². The molecular formula is C25H34O6. The summed E-state index contributed by atoms with van der Waals surface area (Å²) in [6, 6.07) is 4.39. The van der Waals surface area contributed by atoms with Crippen molar-refractivity contribution in [2.24, 2.45) is 17.8 Å². The molecule has 0 bridgehead atoms. The second-order valence-corrected chi connectivity index (χ2v) is 9.15. The molecule has 31 heavy (non-hydrogen) atoms. The van der Waals surface area contributed by atoms with Gasteiger partial charge < -0.3 is 14.6 Å². The van der Waals surface area contributed by atoms with E-state index in [1.165, 1.54) is 19.2 Å². The molecule has 0 aromatic heterocycles. The molecule has 1 aromatic carbocycles. The van der Waals surface area contributed by atoms with E-state index in [0.29, 0.717) is 37.4 Å². The zero-order chi connectivity index (χ0) is 23.3. The Morgan fingerprint density at radius 2 is 2.00 bits per heavy atom. The number of carbonyl (C=O) groups is 3. The predicted octanol–water partition coefficient (Wildman–Crippen LogP) is 4.88. The van der Waals surface area contributed by atoms with Gasteiger partial charge in [-0.1, -0.05) is 32.4 Å². The number of ether oxygens (including phenoxy) is 2. The molecule has 1 N–H and O–H groups in total. The van der Waals surface area contributed by atoms with Crippen LogP contribution in [0.4, 0.5) is 0 Å². The fourth-order valence-electron chi connectivity index (χ4n) is 4.09. The van der Waals surface area contributed by atoms with E-state index in [1.807, 2.05) is 40.7 Å². The van der Waals surface area contributed by atoms with E-state index in [-0.39, 0.29) is 23.0 Å². The highest BCUT2D eigenvalue weighted by molar-refractivity contribution is 6.11. The Kier molecular flexibility index (Phi) is 8.04. The summed E-state index contributed by atoms with van der Waals surface area (Å²) in [5, 5.41) is 10.2. The first kappa shape index (κ1) is 24.6. The van der Waals surface area contributed by atoms with Gasteiger partial charge in [0.15, 0.2) is 5.78 Å². The third-order valence-corrected chi connectivity index (χ3v) is 6.05. The summed E-state index contributed by atoms with van der Waals surface area (Å²) in [6.45, 7) is 9.65. The van der Waals surface area contributed by atoms with Crippen LogP contribution in [0, 0.1) is 17.8 Å². The maximum Gasteiger partial charge on any atom is 0.317 e. The molecule has 0 amide bonds. The molecule has 170 valence electrons. The molecule has 1 heterocycles. The maximum absolute atomic E-state index is 13.0. The van der Waals surface area contributed by atoms with Crippen molar-refractivity contribution < 1.29 is 29.0 Å². The van der Waals surface area contributed by atoms with Crippen LogP contribution in [-0.2, 0) is 14.3 Å². The largest absolute Gasteiger partial charge is 0.507 e. The lowest BCUT2D eigenvalue weighted by atomic mass is 9.77. The van der Waals surface area contributed by atoms with Crippen LogP contribution in [0.5, 0.6) is 11.5 Å². The first-order chi connectivity index (χ1) is 14.5. The van der Waals surface area contributed by atoms with Crippen molar-refractivity contribution in [3.05, 3.63) is 35.4 Å². The number of aromatic hydroxyl groups is 1. The molecule has 0 spiro atoms. The number of hydrogen-bond acceptors (Lipinski definition) is 6. The van der Waals surface area contributed by atoms with Gasteiger partial charge in [-0.2, -0.15) is 0 Å². The average molecular weight is 431 g/mol. The van der Waals surface area contributed by atoms with Crippen molar-refractivity contribution in [3.63, 3.8) is 0 Å². The van der Waals surface area contributed by atoms with Crippen LogP contribution >= 0.6 is 0 Å². The molecule has 6 heteroatoms. The van der Waals surface area contributed by atoms with E-state index in [2.05, 4.69) is 0 Å². The third kappa shape index (κ3) is 5.96. The fourth-order valence-corrected chi connectivity index (χ4v) is 4.09. The van der Waals surface area contributed by atoms with Crippen molar-refractivity contribution >= 4 is 17.5 Å². The number of cyclic esters (lactones) is 1. The summed E-state index contributed by atoms with van der Waals surface area (Å²) in [4.78, 5) is 37.6. The van der Waals surface area contributed by atoms with E-state index < -0.39 is 23.3 Å². The molecule has 0 unspecified atom stereocenters.